The van der Waals surface area contributed by atoms with Crippen molar-refractivity contribution in [3.05, 3.63) is 0 Å². The molecule has 0 fully saturated rings. The molecule has 1 N–H and O–H groups in total. The van der Waals surface area contributed by atoms with Gasteiger partial charge >= 0.3 is 0 Å². The summed E-state index contributed by atoms with van der Waals surface area (Å²) >= 11 is 0. The Bertz CT molecular complexity index is 389. The smallest absolute Gasteiger partial charge is 0.0655 e. The summed E-state index contributed by atoms with van der Waals surface area (Å²) in [6.07, 6.45) is 27.8. The molecule has 0 bridgehead atoms. The largest absolute Gasteiger partial charge is 0.392 e. The number of hydrogen-bond donors (Lipinski definition) is 1. The maximum absolute atomic E-state index is 10.8. The molecule has 0 heterocycles. The summed E-state index contributed by atoms with van der Waals surface area (Å²) in [5.41, 5.74) is 0. The first kappa shape index (κ1) is 33.4. The van der Waals surface area contributed by atoms with Crippen LogP contribution >= 0.6 is 0 Å². The molecule has 3 atom stereocenters. The molecule has 0 aliphatic heterocycles. The summed E-state index contributed by atoms with van der Waals surface area (Å²) in [4.78, 5) is 0. The van der Waals surface area contributed by atoms with Gasteiger partial charge in [-0.3, -0.25) is 8.42 Å². The third-order valence-corrected chi connectivity index (χ3v) is 7.32. The molecule has 0 aliphatic carbocycles. The van der Waals surface area contributed by atoms with E-state index in [1.165, 1.54) is 103 Å². The lowest BCUT2D eigenvalue weighted by Crippen LogP contribution is -2.15. The molecule has 0 radical (unpaired) electrons. The van der Waals surface area contributed by atoms with E-state index in [0.29, 0.717) is 5.75 Å². The highest BCUT2D eigenvalue weighted by Gasteiger charge is 2.05. The van der Waals surface area contributed by atoms with Crippen LogP contribution in [-0.2, 0) is 21.6 Å². The van der Waals surface area contributed by atoms with Gasteiger partial charge in [0, 0.05) is 45.6 Å². The van der Waals surface area contributed by atoms with Crippen molar-refractivity contribution in [2.75, 3.05) is 24.0 Å². The monoisotopic (exact) mass is 480 g/mol. The second kappa shape index (κ2) is 28.3. The third-order valence-electron chi connectivity index (χ3n) is 5.60. The molecule has 0 saturated carbocycles. The van der Waals surface area contributed by atoms with Crippen molar-refractivity contribution in [1.29, 1.82) is 0 Å². The minimum atomic E-state index is -0.856. The minimum Gasteiger partial charge on any atom is -0.392 e. The summed E-state index contributed by atoms with van der Waals surface area (Å²) in [7, 11) is -1.44. The molecular weight excluding hydrogens is 424 g/mol. The summed E-state index contributed by atoms with van der Waals surface area (Å²) in [6.45, 7) is 4.48. The van der Waals surface area contributed by atoms with Gasteiger partial charge in [-0.25, -0.2) is 0 Å². The van der Waals surface area contributed by atoms with E-state index in [0.717, 1.165) is 25.0 Å². The van der Waals surface area contributed by atoms with Gasteiger partial charge in [0.25, 0.3) is 0 Å². The fourth-order valence-corrected chi connectivity index (χ4v) is 4.98. The molecule has 0 amide bonds. The van der Waals surface area contributed by atoms with Crippen LogP contribution in [0.1, 0.15) is 136 Å². The van der Waals surface area contributed by atoms with Crippen LogP contribution in [0.25, 0.3) is 0 Å². The van der Waals surface area contributed by atoms with Gasteiger partial charge in [-0.15, -0.1) is 0 Å². The summed E-state index contributed by atoms with van der Waals surface area (Å²) in [5, 5.41) is 9.43. The van der Waals surface area contributed by atoms with Crippen molar-refractivity contribution in [2.45, 2.75) is 142 Å². The van der Waals surface area contributed by atoms with Gasteiger partial charge in [0.05, 0.1) is 6.10 Å². The van der Waals surface area contributed by atoms with Crippen LogP contribution in [0.15, 0.2) is 0 Å². The molecule has 31 heavy (non-hydrogen) atoms. The highest BCUT2D eigenvalue weighted by Crippen LogP contribution is 2.12. The van der Waals surface area contributed by atoms with Crippen LogP contribution in [0, 0.1) is 0 Å². The Morgan fingerprint density at radius 3 is 1.26 bits per heavy atom. The Hall–Kier alpha value is 0.260. The zero-order valence-corrected chi connectivity index (χ0v) is 23.1. The van der Waals surface area contributed by atoms with Gasteiger partial charge in [-0.05, 0) is 12.8 Å². The predicted molar refractivity (Wildman–Crippen MR) is 143 cm³/mol. The van der Waals surface area contributed by atoms with Gasteiger partial charge in [0.1, 0.15) is 0 Å². The summed E-state index contributed by atoms with van der Waals surface area (Å²) in [6, 6.07) is 0. The van der Waals surface area contributed by atoms with Gasteiger partial charge in [0.15, 0.2) is 0 Å². The molecular formula is C26H56O3S2. The minimum absolute atomic E-state index is 0.355. The van der Waals surface area contributed by atoms with Crippen molar-refractivity contribution < 1.29 is 13.5 Å². The Labute approximate surface area is 200 Å². The van der Waals surface area contributed by atoms with Crippen molar-refractivity contribution in [3.63, 3.8) is 0 Å². The van der Waals surface area contributed by atoms with Crippen molar-refractivity contribution in [3.8, 4) is 0 Å². The van der Waals surface area contributed by atoms with E-state index in [1.54, 1.807) is 12.5 Å². The number of rotatable bonds is 22. The van der Waals surface area contributed by atoms with E-state index < -0.39 is 21.6 Å². The van der Waals surface area contributed by atoms with Crippen LogP contribution in [0.3, 0.4) is 0 Å². The first-order valence-corrected chi connectivity index (χ1v) is 16.7. The molecule has 190 valence electrons. The van der Waals surface area contributed by atoms with Gasteiger partial charge in [0.2, 0.25) is 0 Å². The summed E-state index contributed by atoms with van der Waals surface area (Å²) in [5.74, 6) is 1.34. The molecule has 5 heteroatoms. The highest BCUT2D eigenvalue weighted by atomic mass is 32.2. The fraction of sp³-hybridized carbons (Fsp3) is 1.00. The number of aliphatic hydroxyl groups is 1. The average Bonchev–Trinajstić information content (AvgIpc) is 2.71. The molecule has 0 aromatic rings. The maximum atomic E-state index is 10.8. The molecule has 0 aromatic carbocycles. The maximum Gasteiger partial charge on any atom is 0.0655 e. The van der Waals surface area contributed by atoms with Crippen LogP contribution in [0.4, 0.5) is 0 Å². The van der Waals surface area contributed by atoms with Gasteiger partial charge < -0.3 is 5.11 Å². The SMILES string of the molecule is CCCCCCCCC(O)CS(C)=O.CCCCCCCCCCCCCCS(C)=O. The molecule has 3 unspecified atom stereocenters. The third kappa shape index (κ3) is 35.0. The van der Waals surface area contributed by atoms with Crippen LogP contribution < -0.4 is 0 Å². The molecule has 0 aliphatic rings. The normalized spacial score (nSPS) is 14.0. The van der Waals surface area contributed by atoms with Crippen molar-refractivity contribution in [1.82, 2.24) is 0 Å². The standard InChI is InChI=1S/C15H32OS.C11H24O2S/c1-3-4-5-6-7-8-9-10-11-12-13-14-15-17(2)16;1-3-4-5-6-7-8-9-11(12)10-14(2)13/h3-15H2,1-2H3;11-12H,3-10H2,1-2H3. The van der Waals surface area contributed by atoms with E-state index in [2.05, 4.69) is 13.8 Å². The quantitative estimate of drug-likeness (QED) is 0.163. The van der Waals surface area contributed by atoms with Crippen molar-refractivity contribution >= 4 is 21.6 Å². The first-order valence-electron chi connectivity index (χ1n) is 13.2. The number of hydrogen-bond acceptors (Lipinski definition) is 3. The fourth-order valence-electron chi connectivity index (χ4n) is 3.66. The first-order chi connectivity index (χ1) is 14.9. The van der Waals surface area contributed by atoms with Crippen LogP contribution in [-0.4, -0.2) is 43.6 Å². The Balaban J connectivity index is 0. The van der Waals surface area contributed by atoms with Crippen molar-refractivity contribution in [2.24, 2.45) is 0 Å². The van der Waals surface area contributed by atoms with E-state index in [4.69, 9.17) is 0 Å². The van der Waals surface area contributed by atoms with Crippen LogP contribution in [0.5, 0.6) is 0 Å². The lowest BCUT2D eigenvalue weighted by Gasteiger charge is -2.07. The topological polar surface area (TPSA) is 54.4 Å². The zero-order valence-electron chi connectivity index (χ0n) is 21.5. The van der Waals surface area contributed by atoms with E-state index >= 15 is 0 Å². The average molecular weight is 481 g/mol. The van der Waals surface area contributed by atoms with Gasteiger partial charge in [-0.2, -0.15) is 0 Å². The summed E-state index contributed by atoms with van der Waals surface area (Å²) < 4.78 is 21.6. The molecule has 0 aromatic heterocycles. The Morgan fingerprint density at radius 2 is 0.903 bits per heavy atom. The molecule has 0 saturated heterocycles. The molecule has 0 rings (SSSR count). The number of unbranched alkanes of at least 4 members (excludes halogenated alkanes) is 16. The van der Waals surface area contributed by atoms with Gasteiger partial charge in [-0.1, -0.05) is 123 Å². The van der Waals surface area contributed by atoms with E-state index in [1.807, 2.05) is 0 Å². The molecule has 3 nitrogen and oxygen atoms in total. The predicted octanol–water partition coefficient (Wildman–Crippen LogP) is 7.54. The second-order valence-electron chi connectivity index (χ2n) is 9.12. The Kier molecular flexibility index (Phi) is 30.5. The van der Waals surface area contributed by atoms with E-state index in [-0.39, 0.29) is 6.10 Å². The zero-order chi connectivity index (χ0) is 23.6. The lowest BCUT2D eigenvalue weighted by atomic mass is 10.1. The highest BCUT2D eigenvalue weighted by molar-refractivity contribution is 7.84. The van der Waals surface area contributed by atoms with E-state index in [9.17, 15) is 13.5 Å². The number of aliphatic hydroxyl groups excluding tert-OH is 1. The lowest BCUT2D eigenvalue weighted by molar-refractivity contribution is 0.184. The van der Waals surface area contributed by atoms with Crippen LogP contribution in [0.2, 0.25) is 0 Å². The second-order valence-corrected chi connectivity index (χ2v) is 12.2. The Morgan fingerprint density at radius 1 is 0.548 bits per heavy atom. The molecule has 0 spiro atoms.